The lowest BCUT2D eigenvalue weighted by Gasteiger charge is -2.17. The second-order valence-corrected chi connectivity index (χ2v) is 8.47. The molecule has 3 aliphatic rings. The minimum absolute atomic E-state index is 0.690. The zero-order chi connectivity index (χ0) is 21.7. The van der Waals surface area contributed by atoms with Gasteiger partial charge in [-0.3, -0.25) is 0 Å². The van der Waals surface area contributed by atoms with Crippen LogP contribution in [-0.2, 0) is 0 Å². The Morgan fingerprint density at radius 3 is 2.12 bits per heavy atom. The fourth-order valence-electron chi connectivity index (χ4n) is 4.09. The van der Waals surface area contributed by atoms with Gasteiger partial charge in [-0.05, 0) is 78.6 Å². The average Bonchev–Trinajstić information content (AvgIpc) is 3.55. The summed E-state index contributed by atoms with van der Waals surface area (Å²) in [6, 6.07) is 12.2. The van der Waals surface area contributed by atoms with Crippen molar-refractivity contribution in [1.82, 2.24) is 24.8 Å². The summed E-state index contributed by atoms with van der Waals surface area (Å²) in [4.78, 5) is 18.5. The Hall–Kier alpha value is -3.83. The first-order valence-corrected chi connectivity index (χ1v) is 10.8. The van der Waals surface area contributed by atoms with E-state index in [0.717, 1.165) is 62.5 Å². The topological polar surface area (TPSA) is 60.6 Å². The molecule has 3 aromatic heterocycles. The maximum Gasteiger partial charge on any atom is 0.0740 e. The van der Waals surface area contributed by atoms with Crippen molar-refractivity contribution < 1.29 is 0 Å². The highest BCUT2D eigenvalue weighted by atomic mass is 35.5. The van der Waals surface area contributed by atoms with Crippen LogP contribution in [0.3, 0.4) is 0 Å². The van der Waals surface area contributed by atoms with Gasteiger partial charge in [0, 0.05) is 30.2 Å². The largest absolute Gasteiger partial charge is 0.377 e. The molecule has 0 amide bonds. The van der Waals surface area contributed by atoms with Crippen molar-refractivity contribution in [2.75, 3.05) is 13.6 Å². The number of rotatable bonds is 1. The van der Waals surface area contributed by atoms with E-state index in [9.17, 15) is 0 Å². The number of nitrogens with zero attached hydrogens (tertiary/aromatic N) is 3. The summed E-state index contributed by atoms with van der Waals surface area (Å²) in [5.41, 5.74) is 9.36. The monoisotopic (exact) mass is 437 g/mol. The number of likely N-dealkylation sites (N-methyl/N-ethyl adjacent to an activating group) is 1. The second-order valence-electron chi connectivity index (χ2n) is 8.09. The van der Waals surface area contributed by atoms with E-state index in [-0.39, 0.29) is 0 Å². The number of H-pyrrole nitrogens is 2. The minimum atomic E-state index is 0.690. The van der Waals surface area contributed by atoms with Gasteiger partial charge in [-0.25, -0.2) is 9.97 Å². The molecule has 0 aliphatic carbocycles. The lowest BCUT2D eigenvalue weighted by atomic mass is 10.0. The third-order valence-electron chi connectivity index (χ3n) is 5.68. The van der Waals surface area contributed by atoms with Gasteiger partial charge in [-0.2, -0.15) is 0 Å². The Balaban J connectivity index is 1.67. The van der Waals surface area contributed by atoms with E-state index in [1.807, 2.05) is 42.5 Å². The fraction of sp³-hybridized carbons (Fsp3) is 0.0769. The van der Waals surface area contributed by atoms with Crippen LogP contribution >= 0.6 is 11.6 Å². The molecule has 2 N–H and O–H groups in total. The molecule has 0 aromatic carbocycles. The van der Waals surface area contributed by atoms with Crippen LogP contribution in [0.5, 0.6) is 0 Å². The summed E-state index contributed by atoms with van der Waals surface area (Å²) in [5, 5.41) is 0.690. The van der Waals surface area contributed by atoms with Gasteiger partial charge < -0.3 is 14.9 Å². The molecule has 6 heterocycles. The first kappa shape index (κ1) is 18.9. The summed E-state index contributed by atoms with van der Waals surface area (Å²) in [6.45, 7) is 0.839. The van der Waals surface area contributed by atoms with Crippen LogP contribution in [0.1, 0.15) is 28.3 Å². The molecule has 5 nitrogen and oxygen atoms in total. The Bertz CT molecular complexity index is 1530. The molecular formula is C26H20ClN5. The molecule has 3 aliphatic heterocycles. The van der Waals surface area contributed by atoms with Gasteiger partial charge in [-0.1, -0.05) is 17.7 Å². The summed E-state index contributed by atoms with van der Waals surface area (Å²) in [5.74, 6) is 0. The molecule has 0 saturated carbocycles. The van der Waals surface area contributed by atoms with E-state index in [0.29, 0.717) is 5.02 Å². The Kier molecular flexibility index (Phi) is 4.37. The van der Waals surface area contributed by atoms with Crippen molar-refractivity contribution in [2.45, 2.75) is 0 Å². The number of hydrogen-bond acceptors (Lipinski definition) is 3. The molecule has 0 radical (unpaired) electrons. The normalized spacial score (nSPS) is 14.8. The van der Waals surface area contributed by atoms with E-state index >= 15 is 0 Å². The SMILES string of the molecule is CN1C=CC(c2c(Cl)c3cc4nc(cc5nc(cc6ccc(cc2[nH]3)[nH]6)C=C5)C=C4)=CC1. The third-order valence-corrected chi connectivity index (χ3v) is 6.07. The smallest absolute Gasteiger partial charge is 0.0740 e. The van der Waals surface area contributed by atoms with E-state index in [1.165, 1.54) is 0 Å². The van der Waals surface area contributed by atoms with Crippen LogP contribution in [0.2, 0.25) is 5.02 Å². The second kappa shape index (κ2) is 7.39. The third kappa shape index (κ3) is 3.47. The van der Waals surface area contributed by atoms with E-state index in [4.69, 9.17) is 16.6 Å². The molecule has 32 heavy (non-hydrogen) atoms. The zero-order valence-corrected chi connectivity index (χ0v) is 18.2. The van der Waals surface area contributed by atoms with Crippen molar-refractivity contribution >= 4 is 63.5 Å². The highest BCUT2D eigenvalue weighted by molar-refractivity contribution is 6.37. The molecule has 6 heteroatoms. The molecule has 156 valence electrons. The predicted octanol–water partition coefficient (Wildman–Crippen LogP) is 6.15. The van der Waals surface area contributed by atoms with Crippen LogP contribution in [0.4, 0.5) is 0 Å². The molecule has 0 fully saturated rings. The van der Waals surface area contributed by atoms with Gasteiger partial charge >= 0.3 is 0 Å². The van der Waals surface area contributed by atoms with Crippen LogP contribution in [0, 0.1) is 0 Å². The number of nitrogens with one attached hydrogen (secondary N) is 2. The van der Waals surface area contributed by atoms with Gasteiger partial charge in [0.15, 0.2) is 0 Å². The Morgan fingerprint density at radius 2 is 1.44 bits per heavy atom. The van der Waals surface area contributed by atoms with Crippen molar-refractivity contribution in [3.05, 3.63) is 88.1 Å². The zero-order valence-electron chi connectivity index (χ0n) is 17.4. The summed E-state index contributed by atoms with van der Waals surface area (Å²) >= 11 is 6.92. The van der Waals surface area contributed by atoms with Gasteiger partial charge in [0.25, 0.3) is 0 Å². The standard InChI is InChI=1S/C26H20ClN5/c1-32-10-8-16(9-11-32)25-23-14-21-6-4-19(29-21)12-17-2-3-18(28-17)13-20-5-7-22(30-20)15-24(31-23)26(25)27/h2-10,12-15,29,31H,11H2,1H3. The first-order chi connectivity index (χ1) is 15.6. The van der Waals surface area contributed by atoms with Crippen molar-refractivity contribution in [2.24, 2.45) is 0 Å². The average molecular weight is 438 g/mol. The van der Waals surface area contributed by atoms with Crippen LogP contribution in [0.15, 0.2) is 54.8 Å². The minimum Gasteiger partial charge on any atom is -0.377 e. The van der Waals surface area contributed by atoms with Gasteiger partial charge in [0.1, 0.15) is 0 Å². The molecule has 0 atom stereocenters. The summed E-state index contributed by atoms with van der Waals surface area (Å²) in [6.07, 6.45) is 14.4. The fourth-order valence-corrected chi connectivity index (χ4v) is 4.40. The molecule has 6 rings (SSSR count). The lowest BCUT2D eigenvalue weighted by Crippen LogP contribution is -2.13. The van der Waals surface area contributed by atoms with E-state index in [2.05, 4.69) is 63.5 Å². The maximum absolute atomic E-state index is 6.92. The number of hydrogen-bond donors (Lipinski definition) is 2. The molecule has 3 aromatic rings. The number of allylic oxidation sites excluding steroid dienone is 2. The van der Waals surface area contributed by atoms with Crippen LogP contribution in [-0.4, -0.2) is 38.4 Å². The van der Waals surface area contributed by atoms with E-state index < -0.39 is 0 Å². The van der Waals surface area contributed by atoms with E-state index in [1.54, 1.807) is 0 Å². The quantitative estimate of drug-likeness (QED) is 0.330. The first-order valence-electron chi connectivity index (χ1n) is 10.5. The lowest BCUT2D eigenvalue weighted by molar-refractivity contribution is 0.506. The summed E-state index contributed by atoms with van der Waals surface area (Å²) < 4.78 is 0. The summed E-state index contributed by atoms with van der Waals surface area (Å²) in [7, 11) is 2.05. The van der Waals surface area contributed by atoms with Gasteiger partial charge in [0.05, 0.1) is 38.8 Å². The van der Waals surface area contributed by atoms with Crippen molar-refractivity contribution in [3.63, 3.8) is 0 Å². The Labute approximate surface area is 190 Å². The van der Waals surface area contributed by atoms with Crippen LogP contribution < -0.4 is 0 Å². The number of halogens is 1. The molecule has 0 unspecified atom stereocenters. The van der Waals surface area contributed by atoms with Crippen LogP contribution in [0.25, 0.3) is 51.9 Å². The van der Waals surface area contributed by atoms with Crippen molar-refractivity contribution in [3.8, 4) is 0 Å². The van der Waals surface area contributed by atoms with Gasteiger partial charge in [0.2, 0.25) is 0 Å². The highest BCUT2D eigenvalue weighted by Crippen LogP contribution is 2.34. The number of fused-ring (bicyclic) bond motifs is 8. The Morgan fingerprint density at radius 1 is 0.781 bits per heavy atom. The van der Waals surface area contributed by atoms with Crippen molar-refractivity contribution in [1.29, 1.82) is 0 Å². The molecule has 0 spiro atoms. The highest BCUT2D eigenvalue weighted by Gasteiger charge is 2.15. The number of aromatic nitrogens is 4. The molecule has 8 bridgehead atoms. The van der Waals surface area contributed by atoms with Gasteiger partial charge in [-0.15, -0.1) is 0 Å². The number of aromatic amines is 2. The molecule has 0 saturated heterocycles. The maximum atomic E-state index is 6.92. The predicted molar refractivity (Wildman–Crippen MR) is 134 cm³/mol. The molecular weight excluding hydrogens is 418 g/mol.